The van der Waals surface area contributed by atoms with Crippen molar-refractivity contribution >= 4 is 17.3 Å². The summed E-state index contributed by atoms with van der Waals surface area (Å²) in [5.74, 6) is 0.530. The quantitative estimate of drug-likeness (QED) is 0.827. The lowest BCUT2D eigenvalue weighted by Crippen LogP contribution is -2.32. The minimum atomic E-state index is -0.523. The highest BCUT2D eigenvalue weighted by Crippen LogP contribution is 2.16. The highest BCUT2D eigenvalue weighted by atomic mass is 16.5. The number of benzene rings is 2. The molecule has 0 saturated heterocycles. The van der Waals surface area contributed by atoms with E-state index in [0.29, 0.717) is 23.5 Å². The smallest absolute Gasteiger partial charge is 0.265 e. The maximum absolute atomic E-state index is 12.2. The standard InChI is InChI=1S/C17H20N2O2/c1-3-16(21-15-10-4-12(2)5-11-15)17(20)19-14-8-6-13(18)7-9-14/h4-11,16H,3,18H2,1-2H3,(H,19,20)/t16-/m1/s1. The van der Waals surface area contributed by atoms with E-state index in [-0.39, 0.29) is 5.91 Å². The SMILES string of the molecule is CC[C@@H](Oc1ccc(C)cc1)C(=O)Nc1ccc(N)cc1. The Bertz CT molecular complexity index is 591. The van der Waals surface area contributed by atoms with Crippen molar-refractivity contribution in [3.63, 3.8) is 0 Å². The molecule has 2 aromatic rings. The van der Waals surface area contributed by atoms with Crippen LogP contribution in [0.1, 0.15) is 18.9 Å². The molecule has 1 amide bonds. The van der Waals surface area contributed by atoms with Crippen LogP contribution in [-0.4, -0.2) is 12.0 Å². The Balaban J connectivity index is 2.01. The molecule has 2 rings (SSSR count). The van der Waals surface area contributed by atoms with Crippen LogP contribution in [0, 0.1) is 6.92 Å². The number of nitrogen functional groups attached to an aromatic ring is 1. The summed E-state index contributed by atoms with van der Waals surface area (Å²) in [6.07, 6.45) is 0.0690. The fourth-order valence-electron chi connectivity index (χ4n) is 1.89. The molecule has 1 atom stereocenters. The van der Waals surface area contributed by atoms with Crippen LogP contribution in [0.2, 0.25) is 0 Å². The van der Waals surface area contributed by atoms with Gasteiger partial charge in [-0.25, -0.2) is 0 Å². The van der Waals surface area contributed by atoms with Gasteiger partial charge in [-0.2, -0.15) is 0 Å². The van der Waals surface area contributed by atoms with Crippen molar-refractivity contribution in [3.8, 4) is 5.75 Å². The molecule has 0 bridgehead atoms. The molecule has 2 aromatic carbocycles. The first-order valence-corrected chi connectivity index (χ1v) is 6.98. The average Bonchev–Trinajstić information content (AvgIpc) is 2.49. The van der Waals surface area contributed by atoms with Gasteiger partial charge < -0.3 is 15.8 Å². The minimum absolute atomic E-state index is 0.164. The summed E-state index contributed by atoms with van der Waals surface area (Å²) in [4.78, 5) is 12.2. The summed E-state index contributed by atoms with van der Waals surface area (Å²) >= 11 is 0. The van der Waals surface area contributed by atoms with Crippen molar-refractivity contribution in [1.29, 1.82) is 0 Å². The van der Waals surface area contributed by atoms with E-state index >= 15 is 0 Å². The Morgan fingerprint density at radius 1 is 1.14 bits per heavy atom. The van der Waals surface area contributed by atoms with Crippen LogP contribution in [0.4, 0.5) is 11.4 Å². The lowest BCUT2D eigenvalue weighted by atomic mass is 10.2. The summed E-state index contributed by atoms with van der Waals surface area (Å²) in [5.41, 5.74) is 8.15. The predicted molar refractivity (Wildman–Crippen MR) is 85.4 cm³/mol. The lowest BCUT2D eigenvalue weighted by Gasteiger charge is -2.17. The number of carbonyl (C=O) groups is 1. The number of amides is 1. The van der Waals surface area contributed by atoms with Gasteiger partial charge >= 0.3 is 0 Å². The Morgan fingerprint density at radius 3 is 2.33 bits per heavy atom. The van der Waals surface area contributed by atoms with E-state index in [2.05, 4.69) is 5.32 Å². The second-order valence-corrected chi connectivity index (χ2v) is 4.94. The minimum Gasteiger partial charge on any atom is -0.481 e. The lowest BCUT2D eigenvalue weighted by molar-refractivity contribution is -0.122. The molecule has 0 saturated carbocycles. The Morgan fingerprint density at radius 2 is 1.76 bits per heavy atom. The predicted octanol–water partition coefficient (Wildman–Crippen LogP) is 3.37. The summed E-state index contributed by atoms with van der Waals surface area (Å²) in [6, 6.07) is 14.7. The van der Waals surface area contributed by atoms with Gasteiger partial charge in [0.1, 0.15) is 5.75 Å². The Labute approximate surface area is 124 Å². The number of anilines is 2. The summed E-state index contributed by atoms with van der Waals surface area (Å²) in [6.45, 7) is 3.93. The third-order valence-corrected chi connectivity index (χ3v) is 3.14. The molecule has 0 fully saturated rings. The van der Waals surface area contributed by atoms with Gasteiger partial charge in [-0.15, -0.1) is 0 Å². The third-order valence-electron chi connectivity index (χ3n) is 3.14. The molecule has 4 heteroatoms. The van der Waals surface area contributed by atoms with Gasteiger partial charge in [0.25, 0.3) is 5.91 Å². The number of aryl methyl sites for hydroxylation is 1. The fraction of sp³-hybridized carbons (Fsp3) is 0.235. The van der Waals surface area contributed by atoms with Crippen LogP contribution in [0.15, 0.2) is 48.5 Å². The zero-order valence-electron chi connectivity index (χ0n) is 12.3. The second-order valence-electron chi connectivity index (χ2n) is 4.94. The number of hydrogen-bond acceptors (Lipinski definition) is 3. The maximum atomic E-state index is 12.2. The molecule has 0 aromatic heterocycles. The molecule has 0 aliphatic rings. The van der Waals surface area contributed by atoms with Gasteiger partial charge in [0.05, 0.1) is 0 Å². The molecular weight excluding hydrogens is 264 g/mol. The van der Waals surface area contributed by atoms with E-state index in [4.69, 9.17) is 10.5 Å². The maximum Gasteiger partial charge on any atom is 0.265 e. The monoisotopic (exact) mass is 284 g/mol. The van der Waals surface area contributed by atoms with Crippen LogP contribution >= 0.6 is 0 Å². The fourth-order valence-corrected chi connectivity index (χ4v) is 1.89. The van der Waals surface area contributed by atoms with Crippen LogP contribution in [0.25, 0.3) is 0 Å². The van der Waals surface area contributed by atoms with Crippen molar-refractivity contribution in [2.24, 2.45) is 0 Å². The molecular formula is C17H20N2O2. The largest absolute Gasteiger partial charge is 0.481 e. The topological polar surface area (TPSA) is 64.3 Å². The molecule has 110 valence electrons. The number of ether oxygens (including phenoxy) is 1. The number of rotatable bonds is 5. The molecule has 0 unspecified atom stereocenters. The van der Waals surface area contributed by atoms with E-state index in [1.165, 1.54) is 0 Å². The molecule has 0 spiro atoms. The van der Waals surface area contributed by atoms with Crippen molar-refractivity contribution in [1.82, 2.24) is 0 Å². The molecule has 0 aliphatic heterocycles. The van der Waals surface area contributed by atoms with Gasteiger partial charge in [0.15, 0.2) is 6.10 Å². The molecule has 3 N–H and O–H groups in total. The second kappa shape index (κ2) is 6.79. The van der Waals surface area contributed by atoms with Crippen LogP contribution in [0.3, 0.4) is 0 Å². The van der Waals surface area contributed by atoms with Crippen molar-refractivity contribution in [2.45, 2.75) is 26.4 Å². The van der Waals surface area contributed by atoms with Crippen molar-refractivity contribution in [2.75, 3.05) is 11.1 Å². The highest BCUT2D eigenvalue weighted by Gasteiger charge is 2.18. The third kappa shape index (κ3) is 4.24. The first kappa shape index (κ1) is 14.9. The van der Waals surface area contributed by atoms with E-state index in [9.17, 15) is 4.79 Å². The normalized spacial score (nSPS) is 11.7. The van der Waals surface area contributed by atoms with Gasteiger partial charge in [0.2, 0.25) is 0 Å². The van der Waals surface area contributed by atoms with Crippen LogP contribution < -0.4 is 15.8 Å². The molecule has 0 heterocycles. The van der Waals surface area contributed by atoms with E-state index in [1.807, 2.05) is 38.1 Å². The molecule has 21 heavy (non-hydrogen) atoms. The molecule has 0 aliphatic carbocycles. The average molecular weight is 284 g/mol. The number of hydrogen-bond donors (Lipinski definition) is 2. The number of nitrogens with two attached hydrogens (primary N) is 1. The highest BCUT2D eigenvalue weighted by molar-refractivity contribution is 5.94. The Hall–Kier alpha value is -2.49. The number of nitrogens with one attached hydrogen (secondary N) is 1. The van der Waals surface area contributed by atoms with E-state index in [1.54, 1.807) is 24.3 Å². The van der Waals surface area contributed by atoms with E-state index < -0.39 is 6.10 Å². The van der Waals surface area contributed by atoms with Crippen molar-refractivity contribution < 1.29 is 9.53 Å². The van der Waals surface area contributed by atoms with Gasteiger partial charge in [-0.1, -0.05) is 24.6 Å². The van der Waals surface area contributed by atoms with E-state index in [0.717, 1.165) is 5.56 Å². The first-order chi connectivity index (χ1) is 10.1. The van der Waals surface area contributed by atoms with Gasteiger partial charge in [-0.05, 0) is 49.7 Å². The summed E-state index contributed by atoms with van der Waals surface area (Å²) in [7, 11) is 0. The zero-order chi connectivity index (χ0) is 15.2. The van der Waals surface area contributed by atoms with Crippen LogP contribution in [0.5, 0.6) is 5.75 Å². The Kier molecular flexibility index (Phi) is 4.82. The summed E-state index contributed by atoms with van der Waals surface area (Å²) in [5, 5.41) is 2.83. The number of carbonyl (C=O) groups excluding carboxylic acids is 1. The van der Waals surface area contributed by atoms with Crippen molar-refractivity contribution in [3.05, 3.63) is 54.1 Å². The van der Waals surface area contributed by atoms with Gasteiger partial charge in [-0.3, -0.25) is 4.79 Å². The summed E-state index contributed by atoms with van der Waals surface area (Å²) < 4.78 is 5.74. The zero-order valence-corrected chi connectivity index (χ0v) is 12.3. The van der Waals surface area contributed by atoms with Crippen LogP contribution in [-0.2, 0) is 4.79 Å². The van der Waals surface area contributed by atoms with Gasteiger partial charge in [0, 0.05) is 11.4 Å². The molecule has 4 nitrogen and oxygen atoms in total. The molecule has 0 radical (unpaired) electrons. The first-order valence-electron chi connectivity index (χ1n) is 6.98.